The van der Waals surface area contributed by atoms with Crippen LogP contribution in [0, 0.1) is 5.82 Å². The molecule has 0 aliphatic rings. The van der Waals surface area contributed by atoms with Gasteiger partial charge in [-0.2, -0.15) is 0 Å². The topological polar surface area (TPSA) is 72.2 Å². The zero-order valence-electron chi connectivity index (χ0n) is 10.4. The Balaban J connectivity index is 3.30. The molecule has 4 nitrogen and oxygen atoms in total. The zero-order valence-corrected chi connectivity index (χ0v) is 12.0. The van der Waals surface area contributed by atoms with E-state index < -0.39 is 21.4 Å². The van der Waals surface area contributed by atoms with E-state index in [4.69, 9.17) is 17.3 Å². The summed E-state index contributed by atoms with van der Waals surface area (Å²) in [6, 6.07) is 2.16. The lowest BCUT2D eigenvalue weighted by molar-refractivity contribution is 0.490. The van der Waals surface area contributed by atoms with Crippen molar-refractivity contribution in [1.29, 1.82) is 0 Å². The van der Waals surface area contributed by atoms with Crippen molar-refractivity contribution < 1.29 is 12.8 Å². The number of halogens is 2. The van der Waals surface area contributed by atoms with Crippen LogP contribution in [-0.2, 0) is 16.6 Å². The number of hydrogen-bond donors (Lipinski definition) is 2. The smallest absolute Gasteiger partial charge is 0.241 e. The van der Waals surface area contributed by atoms with E-state index in [0.29, 0.717) is 0 Å². The lowest BCUT2D eigenvalue weighted by Gasteiger charge is -2.20. The minimum atomic E-state index is -3.79. The van der Waals surface area contributed by atoms with Gasteiger partial charge >= 0.3 is 0 Å². The molecule has 0 bridgehead atoms. The summed E-state index contributed by atoms with van der Waals surface area (Å²) in [5.74, 6) is -0.797. The van der Waals surface area contributed by atoms with Crippen molar-refractivity contribution in [1.82, 2.24) is 4.72 Å². The molecule has 0 aromatic heterocycles. The first-order chi connectivity index (χ1) is 8.07. The third-order valence-corrected chi connectivity index (χ3v) is 4.21. The number of nitrogens with one attached hydrogen (secondary N) is 1. The summed E-state index contributed by atoms with van der Waals surface area (Å²) < 4.78 is 40.0. The van der Waals surface area contributed by atoms with E-state index in [9.17, 15) is 12.8 Å². The molecule has 0 amide bonds. The Morgan fingerprint density at radius 1 is 1.39 bits per heavy atom. The van der Waals surface area contributed by atoms with E-state index in [1.807, 2.05) is 0 Å². The molecule has 0 unspecified atom stereocenters. The predicted octanol–water partition coefficient (Wildman–Crippen LogP) is 2.01. The minimum absolute atomic E-state index is 0.0331. The molecule has 0 aliphatic heterocycles. The van der Waals surface area contributed by atoms with Gasteiger partial charge in [0, 0.05) is 12.1 Å². The highest BCUT2D eigenvalue weighted by Crippen LogP contribution is 2.24. The SMILES string of the molecule is CC(C)(C)NS(=O)(=O)c1cc(F)c(Cl)c(CN)c1. The number of hydrogen-bond acceptors (Lipinski definition) is 3. The van der Waals surface area contributed by atoms with Gasteiger partial charge in [-0.15, -0.1) is 0 Å². The highest BCUT2D eigenvalue weighted by Gasteiger charge is 2.23. The van der Waals surface area contributed by atoms with Gasteiger partial charge in [-0.1, -0.05) is 11.6 Å². The highest BCUT2D eigenvalue weighted by molar-refractivity contribution is 7.89. The molecule has 3 N–H and O–H groups in total. The Bertz CT molecular complexity index is 553. The van der Waals surface area contributed by atoms with Crippen LogP contribution in [0.15, 0.2) is 17.0 Å². The molecular formula is C11H16ClFN2O2S. The fraction of sp³-hybridized carbons (Fsp3) is 0.455. The molecular weight excluding hydrogens is 279 g/mol. The first-order valence-corrected chi connectivity index (χ1v) is 7.15. The summed E-state index contributed by atoms with van der Waals surface area (Å²) in [6.45, 7) is 5.05. The van der Waals surface area contributed by atoms with Gasteiger partial charge in [0.1, 0.15) is 5.82 Å². The first-order valence-electron chi connectivity index (χ1n) is 5.29. The Kier molecular flexibility index (Phi) is 4.38. The van der Waals surface area contributed by atoms with Gasteiger partial charge in [-0.3, -0.25) is 0 Å². The van der Waals surface area contributed by atoms with Crippen LogP contribution >= 0.6 is 11.6 Å². The largest absolute Gasteiger partial charge is 0.326 e. The second-order valence-corrected chi connectivity index (χ2v) is 7.00. The zero-order chi connectivity index (χ0) is 14.1. The maximum Gasteiger partial charge on any atom is 0.241 e. The van der Waals surface area contributed by atoms with Gasteiger partial charge in [0.05, 0.1) is 9.92 Å². The van der Waals surface area contributed by atoms with Gasteiger partial charge < -0.3 is 5.73 Å². The molecule has 0 aliphatic carbocycles. The Labute approximate surface area is 111 Å². The van der Waals surface area contributed by atoms with E-state index in [1.165, 1.54) is 6.07 Å². The first kappa shape index (κ1) is 15.4. The lowest BCUT2D eigenvalue weighted by Crippen LogP contribution is -2.40. The minimum Gasteiger partial charge on any atom is -0.326 e. The van der Waals surface area contributed by atoms with Crippen molar-refractivity contribution in [2.75, 3.05) is 0 Å². The van der Waals surface area contributed by atoms with Gasteiger partial charge in [0.15, 0.2) is 0 Å². The van der Waals surface area contributed by atoms with E-state index >= 15 is 0 Å². The van der Waals surface area contributed by atoms with Crippen molar-refractivity contribution in [2.45, 2.75) is 37.8 Å². The fourth-order valence-corrected chi connectivity index (χ4v) is 3.05. The molecule has 7 heteroatoms. The Morgan fingerprint density at radius 3 is 2.39 bits per heavy atom. The van der Waals surface area contributed by atoms with E-state index in [2.05, 4.69) is 4.72 Å². The van der Waals surface area contributed by atoms with Crippen molar-refractivity contribution in [3.05, 3.63) is 28.5 Å². The summed E-state index contributed by atoms with van der Waals surface area (Å²) in [5.41, 5.74) is 4.99. The summed E-state index contributed by atoms with van der Waals surface area (Å²) in [7, 11) is -3.79. The van der Waals surface area contributed by atoms with E-state index in [-0.39, 0.29) is 22.0 Å². The summed E-state index contributed by atoms with van der Waals surface area (Å²) in [6.07, 6.45) is 0. The maximum absolute atomic E-state index is 13.5. The Morgan fingerprint density at radius 2 is 1.94 bits per heavy atom. The molecule has 102 valence electrons. The van der Waals surface area contributed by atoms with E-state index in [1.54, 1.807) is 20.8 Å². The molecule has 0 spiro atoms. The van der Waals surface area contributed by atoms with Crippen LogP contribution in [0.4, 0.5) is 4.39 Å². The summed E-state index contributed by atoms with van der Waals surface area (Å²) >= 11 is 5.68. The van der Waals surface area contributed by atoms with Gasteiger partial charge in [0.2, 0.25) is 10.0 Å². The molecule has 0 radical (unpaired) electrons. The van der Waals surface area contributed by atoms with Gasteiger partial charge in [-0.25, -0.2) is 17.5 Å². The standard InChI is InChI=1S/C11H16ClFN2O2S/c1-11(2,3)15-18(16,17)8-4-7(6-14)10(12)9(13)5-8/h4-5,15H,6,14H2,1-3H3. The molecule has 18 heavy (non-hydrogen) atoms. The van der Waals surface area contributed by atoms with Crippen LogP contribution in [-0.4, -0.2) is 14.0 Å². The average Bonchev–Trinajstić information content (AvgIpc) is 2.18. The molecule has 0 fully saturated rings. The lowest BCUT2D eigenvalue weighted by atomic mass is 10.1. The Hall–Kier alpha value is -0.690. The quantitative estimate of drug-likeness (QED) is 0.896. The van der Waals surface area contributed by atoms with Crippen LogP contribution < -0.4 is 10.5 Å². The molecule has 0 saturated heterocycles. The molecule has 1 aromatic rings. The van der Waals surface area contributed by atoms with Gasteiger partial charge in [0.25, 0.3) is 0 Å². The predicted molar refractivity (Wildman–Crippen MR) is 69.4 cm³/mol. The number of rotatable bonds is 3. The second kappa shape index (κ2) is 5.13. The van der Waals surface area contributed by atoms with Gasteiger partial charge in [-0.05, 0) is 38.5 Å². The summed E-state index contributed by atoms with van der Waals surface area (Å²) in [5, 5.41) is -0.146. The number of sulfonamides is 1. The molecule has 0 heterocycles. The average molecular weight is 295 g/mol. The van der Waals surface area contributed by atoms with Crippen LogP contribution in [0.5, 0.6) is 0 Å². The van der Waals surface area contributed by atoms with Crippen LogP contribution in [0.2, 0.25) is 5.02 Å². The van der Waals surface area contributed by atoms with Crippen molar-refractivity contribution in [2.24, 2.45) is 5.73 Å². The second-order valence-electron chi connectivity index (χ2n) is 4.94. The van der Waals surface area contributed by atoms with Crippen LogP contribution in [0.3, 0.4) is 0 Å². The normalized spacial score (nSPS) is 12.8. The highest BCUT2D eigenvalue weighted by atomic mass is 35.5. The van der Waals surface area contributed by atoms with Crippen LogP contribution in [0.1, 0.15) is 26.3 Å². The number of nitrogens with two attached hydrogens (primary N) is 1. The molecule has 1 aromatic carbocycles. The number of benzene rings is 1. The maximum atomic E-state index is 13.5. The monoisotopic (exact) mass is 294 g/mol. The molecule has 0 saturated carbocycles. The molecule has 0 atom stereocenters. The van der Waals surface area contributed by atoms with Crippen LogP contribution in [0.25, 0.3) is 0 Å². The van der Waals surface area contributed by atoms with Crippen molar-refractivity contribution in [3.63, 3.8) is 0 Å². The third kappa shape index (κ3) is 3.65. The molecule has 1 rings (SSSR count). The third-order valence-electron chi connectivity index (χ3n) is 2.05. The van der Waals surface area contributed by atoms with Crippen molar-refractivity contribution in [3.8, 4) is 0 Å². The van der Waals surface area contributed by atoms with Crippen molar-refractivity contribution >= 4 is 21.6 Å². The summed E-state index contributed by atoms with van der Waals surface area (Å²) in [4.78, 5) is -0.181. The van der Waals surface area contributed by atoms with E-state index in [0.717, 1.165) is 6.07 Å². The fourth-order valence-electron chi connectivity index (χ4n) is 1.38.